The van der Waals surface area contributed by atoms with Crippen molar-refractivity contribution in [2.45, 2.75) is 58.7 Å². The van der Waals surface area contributed by atoms with Gasteiger partial charge in [0.05, 0.1) is 5.56 Å². The monoisotopic (exact) mass is 327 g/mol. The number of hydrogen-bond donors (Lipinski definition) is 1. The number of ketones is 1. The topological polar surface area (TPSA) is 29.1 Å². The Bertz CT molecular complexity index is 562. The Morgan fingerprint density at radius 2 is 1.96 bits per heavy atom. The number of halogens is 3. The summed E-state index contributed by atoms with van der Waals surface area (Å²) in [6.07, 6.45) is -0.401. The summed E-state index contributed by atoms with van der Waals surface area (Å²) >= 11 is 0. The maximum absolute atomic E-state index is 13.3. The lowest BCUT2D eigenvalue weighted by Gasteiger charge is -2.25. The van der Waals surface area contributed by atoms with Gasteiger partial charge in [-0.3, -0.25) is 4.79 Å². The summed E-state index contributed by atoms with van der Waals surface area (Å²) < 4.78 is 40.0. The highest BCUT2D eigenvalue weighted by atomic mass is 19.4. The van der Waals surface area contributed by atoms with Crippen molar-refractivity contribution in [3.8, 4) is 0 Å². The molecule has 1 aromatic carbocycles. The van der Waals surface area contributed by atoms with Crippen molar-refractivity contribution in [3.05, 3.63) is 34.4 Å². The molecule has 0 spiro atoms. The minimum atomic E-state index is -4.43. The molecule has 23 heavy (non-hydrogen) atoms. The number of rotatable bonds is 7. The number of benzene rings is 1. The van der Waals surface area contributed by atoms with E-state index in [9.17, 15) is 18.0 Å². The minimum absolute atomic E-state index is 0.118. The molecule has 0 atom stereocenters. The Balaban J connectivity index is 2.28. The zero-order valence-corrected chi connectivity index (χ0v) is 13.7. The van der Waals surface area contributed by atoms with E-state index in [1.54, 1.807) is 19.9 Å². The summed E-state index contributed by atoms with van der Waals surface area (Å²) in [6.45, 7) is 4.53. The van der Waals surface area contributed by atoms with Gasteiger partial charge in [0.25, 0.3) is 0 Å². The number of nitrogens with one attached hydrogen (secondary N) is 1. The molecule has 128 valence electrons. The summed E-state index contributed by atoms with van der Waals surface area (Å²) in [5.41, 5.74) is 0.211. The van der Waals surface area contributed by atoms with Crippen molar-refractivity contribution >= 4 is 5.78 Å². The maximum Gasteiger partial charge on any atom is 0.416 e. The number of Topliss-reactive ketones (excluding diaryl/α,β-unsaturated/α-hetero) is 1. The van der Waals surface area contributed by atoms with Crippen LogP contribution in [0, 0.1) is 5.92 Å². The van der Waals surface area contributed by atoms with Crippen LogP contribution in [0.5, 0.6) is 0 Å². The molecule has 1 aliphatic rings. The first-order chi connectivity index (χ1) is 10.9. The lowest BCUT2D eigenvalue weighted by molar-refractivity contribution is -0.138. The standard InChI is InChI=1S/C18H24F3NO/c1-3-14-15(17(23)4-2)8-13(9-16(14)18(19,20)21)11-22-10-12-6-5-7-12/h8-9,12,22H,3-7,10-11H2,1-2H3. The maximum atomic E-state index is 13.3. The highest BCUT2D eigenvalue weighted by Crippen LogP contribution is 2.35. The Morgan fingerprint density at radius 3 is 2.43 bits per heavy atom. The van der Waals surface area contributed by atoms with E-state index in [0.29, 0.717) is 18.0 Å². The van der Waals surface area contributed by atoms with E-state index in [1.807, 2.05) is 0 Å². The Kier molecular flexibility index (Phi) is 5.84. The van der Waals surface area contributed by atoms with Crippen molar-refractivity contribution in [2.24, 2.45) is 5.92 Å². The van der Waals surface area contributed by atoms with Gasteiger partial charge >= 0.3 is 6.18 Å². The zero-order chi connectivity index (χ0) is 17.0. The van der Waals surface area contributed by atoms with Crippen LogP contribution in [0.3, 0.4) is 0 Å². The molecule has 2 rings (SSSR count). The summed E-state index contributed by atoms with van der Waals surface area (Å²) in [5.74, 6) is 0.414. The zero-order valence-electron chi connectivity index (χ0n) is 13.7. The Hall–Kier alpha value is -1.36. The van der Waals surface area contributed by atoms with Crippen LogP contribution in [0.2, 0.25) is 0 Å². The summed E-state index contributed by atoms with van der Waals surface area (Å²) in [7, 11) is 0. The number of hydrogen-bond acceptors (Lipinski definition) is 2. The van der Waals surface area contributed by atoms with Gasteiger partial charge in [-0.25, -0.2) is 0 Å². The molecule has 1 fully saturated rings. The molecule has 0 saturated heterocycles. The van der Waals surface area contributed by atoms with Crippen LogP contribution in [0.25, 0.3) is 0 Å². The predicted molar refractivity (Wildman–Crippen MR) is 84.5 cm³/mol. The predicted octanol–water partition coefficient (Wildman–Crippen LogP) is 4.75. The van der Waals surface area contributed by atoms with Crippen LogP contribution in [-0.4, -0.2) is 12.3 Å². The number of carbonyl (C=O) groups is 1. The first-order valence-electron chi connectivity index (χ1n) is 8.33. The largest absolute Gasteiger partial charge is 0.416 e. The summed E-state index contributed by atoms with van der Waals surface area (Å²) in [6, 6.07) is 2.83. The second-order valence-electron chi connectivity index (χ2n) is 6.23. The van der Waals surface area contributed by atoms with Gasteiger partial charge in [0, 0.05) is 18.5 Å². The van der Waals surface area contributed by atoms with E-state index >= 15 is 0 Å². The van der Waals surface area contributed by atoms with Crippen molar-refractivity contribution in [1.82, 2.24) is 5.32 Å². The van der Waals surface area contributed by atoms with Gasteiger partial charge in [0.1, 0.15) is 0 Å². The van der Waals surface area contributed by atoms with Gasteiger partial charge in [-0.05, 0) is 55.0 Å². The molecule has 5 heteroatoms. The fraction of sp³-hybridized carbons (Fsp3) is 0.611. The second-order valence-corrected chi connectivity index (χ2v) is 6.23. The first kappa shape index (κ1) is 18.0. The third-order valence-corrected chi connectivity index (χ3v) is 4.58. The third kappa shape index (κ3) is 4.34. The van der Waals surface area contributed by atoms with Gasteiger partial charge in [0.2, 0.25) is 0 Å². The van der Waals surface area contributed by atoms with Crippen LogP contribution >= 0.6 is 0 Å². The molecule has 1 N–H and O–H groups in total. The lowest BCUT2D eigenvalue weighted by atomic mass is 9.85. The molecular formula is C18H24F3NO. The average molecular weight is 327 g/mol. The highest BCUT2D eigenvalue weighted by molar-refractivity contribution is 5.97. The molecule has 0 aromatic heterocycles. The molecular weight excluding hydrogens is 303 g/mol. The summed E-state index contributed by atoms with van der Waals surface area (Å²) in [4.78, 5) is 12.1. The Labute approximate surface area is 135 Å². The SMILES string of the molecule is CCC(=O)c1cc(CNCC2CCC2)cc(C(F)(F)F)c1CC. The normalized spacial score (nSPS) is 15.5. The number of carbonyl (C=O) groups excluding carboxylic acids is 1. The van der Waals surface area contributed by atoms with Crippen molar-refractivity contribution in [2.75, 3.05) is 6.54 Å². The molecule has 1 aliphatic carbocycles. The van der Waals surface area contributed by atoms with Crippen LogP contribution in [-0.2, 0) is 19.1 Å². The molecule has 0 radical (unpaired) electrons. The van der Waals surface area contributed by atoms with Crippen LogP contribution < -0.4 is 5.32 Å². The molecule has 2 nitrogen and oxygen atoms in total. The molecule has 0 bridgehead atoms. The summed E-state index contributed by atoms with van der Waals surface area (Å²) in [5, 5.41) is 3.23. The van der Waals surface area contributed by atoms with Crippen LogP contribution in [0.1, 0.15) is 66.6 Å². The van der Waals surface area contributed by atoms with Gasteiger partial charge in [-0.2, -0.15) is 13.2 Å². The molecule has 0 unspecified atom stereocenters. The molecule has 0 aliphatic heterocycles. The van der Waals surface area contributed by atoms with Crippen molar-refractivity contribution in [3.63, 3.8) is 0 Å². The number of alkyl halides is 3. The molecule has 0 heterocycles. The van der Waals surface area contributed by atoms with Crippen molar-refractivity contribution in [1.29, 1.82) is 0 Å². The molecule has 0 amide bonds. The molecule has 1 saturated carbocycles. The van der Waals surface area contributed by atoms with Gasteiger partial charge in [-0.1, -0.05) is 20.3 Å². The van der Waals surface area contributed by atoms with E-state index in [4.69, 9.17) is 0 Å². The Morgan fingerprint density at radius 1 is 1.26 bits per heavy atom. The molecule has 1 aromatic rings. The smallest absolute Gasteiger partial charge is 0.312 e. The van der Waals surface area contributed by atoms with E-state index in [2.05, 4.69) is 5.32 Å². The van der Waals surface area contributed by atoms with Crippen LogP contribution in [0.4, 0.5) is 13.2 Å². The van der Waals surface area contributed by atoms with Gasteiger partial charge in [-0.15, -0.1) is 0 Å². The van der Waals surface area contributed by atoms with E-state index in [0.717, 1.165) is 6.54 Å². The quantitative estimate of drug-likeness (QED) is 0.732. The van der Waals surface area contributed by atoms with E-state index in [-0.39, 0.29) is 29.8 Å². The van der Waals surface area contributed by atoms with E-state index in [1.165, 1.54) is 25.3 Å². The first-order valence-corrected chi connectivity index (χ1v) is 8.33. The second kappa shape index (κ2) is 7.47. The van der Waals surface area contributed by atoms with E-state index < -0.39 is 11.7 Å². The average Bonchev–Trinajstić information content (AvgIpc) is 2.47. The highest BCUT2D eigenvalue weighted by Gasteiger charge is 2.35. The van der Waals surface area contributed by atoms with Gasteiger partial charge < -0.3 is 5.32 Å². The van der Waals surface area contributed by atoms with Crippen molar-refractivity contribution < 1.29 is 18.0 Å². The van der Waals surface area contributed by atoms with Crippen LogP contribution in [0.15, 0.2) is 12.1 Å². The minimum Gasteiger partial charge on any atom is -0.312 e. The fourth-order valence-corrected chi connectivity index (χ4v) is 3.02. The lowest BCUT2D eigenvalue weighted by Crippen LogP contribution is -2.27. The fourth-order valence-electron chi connectivity index (χ4n) is 3.02. The third-order valence-electron chi connectivity index (χ3n) is 4.58. The van der Waals surface area contributed by atoms with Gasteiger partial charge in [0.15, 0.2) is 5.78 Å².